The number of amides is 1. The summed E-state index contributed by atoms with van der Waals surface area (Å²) in [6.45, 7) is 2.24. The number of thioether (sulfide) groups is 1. The molecule has 0 N–H and O–H groups in total. The van der Waals surface area contributed by atoms with Crippen molar-refractivity contribution in [3.05, 3.63) is 52.3 Å². The van der Waals surface area contributed by atoms with E-state index in [9.17, 15) is 19.7 Å². The van der Waals surface area contributed by atoms with E-state index in [1.807, 2.05) is 6.92 Å². The molecule has 4 rings (SSSR count). The Labute approximate surface area is 164 Å². The van der Waals surface area contributed by atoms with Gasteiger partial charge in [0.15, 0.2) is 0 Å². The third-order valence-electron chi connectivity index (χ3n) is 4.88. The van der Waals surface area contributed by atoms with Crippen LogP contribution in [-0.4, -0.2) is 52.9 Å². The van der Waals surface area contributed by atoms with Crippen molar-refractivity contribution in [1.82, 2.24) is 19.9 Å². The third kappa shape index (κ3) is 3.21. The number of esters is 1. The van der Waals surface area contributed by atoms with Crippen LogP contribution in [-0.2, 0) is 27.5 Å². The van der Waals surface area contributed by atoms with Crippen LogP contribution in [0.1, 0.15) is 18.9 Å². The van der Waals surface area contributed by atoms with Crippen molar-refractivity contribution in [1.29, 1.82) is 0 Å². The molecule has 2 aromatic rings. The average Bonchev–Trinajstić information content (AvgIpc) is 3.24. The maximum Gasteiger partial charge on any atom is 0.330 e. The van der Waals surface area contributed by atoms with Crippen LogP contribution in [0.2, 0.25) is 0 Å². The summed E-state index contributed by atoms with van der Waals surface area (Å²) in [7, 11) is 0. The normalized spacial score (nSPS) is 25.9. The molecule has 2 fully saturated rings. The van der Waals surface area contributed by atoms with Gasteiger partial charge in [-0.05, 0) is 24.6 Å². The van der Waals surface area contributed by atoms with Gasteiger partial charge in [-0.1, -0.05) is 0 Å². The summed E-state index contributed by atoms with van der Waals surface area (Å²) in [4.78, 5) is 38.3. The predicted molar refractivity (Wildman–Crippen MR) is 97.9 cm³/mol. The minimum absolute atomic E-state index is 0.0270. The lowest BCUT2D eigenvalue weighted by molar-refractivity contribution is -0.384. The van der Waals surface area contributed by atoms with Gasteiger partial charge in [-0.25, -0.2) is 4.79 Å². The molecule has 1 aromatic carbocycles. The number of benzene rings is 1. The first-order valence-corrected chi connectivity index (χ1v) is 9.48. The number of nitro groups is 1. The maximum absolute atomic E-state index is 12.9. The summed E-state index contributed by atoms with van der Waals surface area (Å²) in [5.74, 6) is -0.581. The third-order valence-corrected chi connectivity index (χ3v) is 6.44. The summed E-state index contributed by atoms with van der Waals surface area (Å²) in [5, 5.41) is 18.9. The number of ether oxygens (including phenoxy) is 1. The molecule has 146 valence electrons. The molecule has 10 nitrogen and oxygen atoms in total. The molecule has 0 bridgehead atoms. The van der Waals surface area contributed by atoms with Crippen LogP contribution in [0.4, 0.5) is 5.69 Å². The molecule has 3 atom stereocenters. The van der Waals surface area contributed by atoms with Crippen LogP contribution in [0.25, 0.3) is 0 Å². The first kappa shape index (κ1) is 18.4. The molecule has 28 heavy (non-hydrogen) atoms. The Bertz CT molecular complexity index is 919. The molecule has 1 amide bonds. The molecule has 2 saturated heterocycles. The van der Waals surface area contributed by atoms with Crippen molar-refractivity contribution >= 4 is 29.3 Å². The summed E-state index contributed by atoms with van der Waals surface area (Å²) in [6.07, 6.45) is 3.52. The number of rotatable bonds is 6. The summed E-state index contributed by atoms with van der Waals surface area (Å²) in [6, 6.07) is 5.06. The smallest absolute Gasteiger partial charge is 0.330 e. The zero-order chi connectivity index (χ0) is 19.9. The zero-order valence-corrected chi connectivity index (χ0v) is 15.7. The fourth-order valence-corrected chi connectivity index (χ4v) is 5.25. The molecule has 2 aliphatic rings. The summed E-state index contributed by atoms with van der Waals surface area (Å²) >= 11 is 1.56. The van der Waals surface area contributed by atoms with Gasteiger partial charge in [0.1, 0.15) is 12.6 Å². The van der Waals surface area contributed by atoms with Crippen LogP contribution in [0.3, 0.4) is 0 Å². The Hall–Kier alpha value is -2.95. The second kappa shape index (κ2) is 6.89. The number of carbonyl (C=O) groups excluding carboxylic acids is 2. The van der Waals surface area contributed by atoms with Crippen LogP contribution in [0.5, 0.6) is 0 Å². The summed E-state index contributed by atoms with van der Waals surface area (Å²) in [5.41, 5.74) is 0.599. The van der Waals surface area contributed by atoms with Gasteiger partial charge < -0.3 is 9.64 Å². The highest BCUT2D eigenvalue weighted by Gasteiger charge is 2.61. The molecular formula is C17H17N5O5S. The average molecular weight is 403 g/mol. The Morgan fingerprint density at radius 1 is 1.36 bits per heavy atom. The van der Waals surface area contributed by atoms with Gasteiger partial charge in [0.25, 0.3) is 5.69 Å². The maximum atomic E-state index is 12.9. The van der Waals surface area contributed by atoms with E-state index >= 15 is 0 Å². The molecule has 0 unspecified atom stereocenters. The number of carbonyl (C=O) groups is 2. The monoisotopic (exact) mass is 403 g/mol. The van der Waals surface area contributed by atoms with Crippen LogP contribution in [0, 0.1) is 10.1 Å². The first-order chi connectivity index (χ1) is 13.4. The molecular weight excluding hydrogens is 386 g/mol. The van der Waals surface area contributed by atoms with E-state index in [0.29, 0.717) is 18.5 Å². The van der Waals surface area contributed by atoms with E-state index in [1.54, 1.807) is 41.2 Å². The van der Waals surface area contributed by atoms with Gasteiger partial charge in [0, 0.05) is 12.1 Å². The molecule has 2 aliphatic heterocycles. The van der Waals surface area contributed by atoms with E-state index in [0.717, 1.165) is 0 Å². The van der Waals surface area contributed by atoms with E-state index < -0.39 is 21.7 Å². The van der Waals surface area contributed by atoms with Crippen molar-refractivity contribution in [3.63, 3.8) is 0 Å². The van der Waals surface area contributed by atoms with Crippen LogP contribution < -0.4 is 0 Å². The van der Waals surface area contributed by atoms with Crippen molar-refractivity contribution in [2.24, 2.45) is 0 Å². The first-order valence-electron chi connectivity index (χ1n) is 8.60. The van der Waals surface area contributed by atoms with Crippen molar-refractivity contribution in [3.8, 4) is 0 Å². The minimum atomic E-state index is -0.743. The molecule has 1 aromatic heterocycles. The fraction of sp³-hybridized carbons (Fsp3) is 0.412. The quantitative estimate of drug-likeness (QED) is 0.307. The van der Waals surface area contributed by atoms with Gasteiger partial charge in [0.2, 0.25) is 5.91 Å². The molecule has 3 heterocycles. The Kier molecular flexibility index (Phi) is 4.53. The number of nitrogens with zero attached hydrogens (tertiary/aromatic N) is 5. The highest BCUT2D eigenvalue weighted by Crippen LogP contribution is 2.51. The largest absolute Gasteiger partial charge is 0.459 e. The Morgan fingerprint density at radius 3 is 2.64 bits per heavy atom. The molecule has 0 spiro atoms. The van der Waals surface area contributed by atoms with Gasteiger partial charge >= 0.3 is 5.97 Å². The van der Waals surface area contributed by atoms with Crippen LogP contribution in [0.15, 0.2) is 36.7 Å². The van der Waals surface area contributed by atoms with Gasteiger partial charge in [-0.15, -0.1) is 11.8 Å². The number of hydrogen-bond acceptors (Lipinski definition) is 8. The van der Waals surface area contributed by atoms with E-state index in [-0.39, 0.29) is 23.6 Å². The standard InChI is InChI=1S/C17H17N5O5S/c1-17(10-20-18-6-7-19-20)15(21-13(23)8-14(21)28-17)16(24)27-9-11-2-4-12(5-3-11)22(25)26/h2-7,14-15H,8-10H2,1H3/t14-,15-,17-/m0/s1. The van der Waals surface area contributed by atoms with Crippen LogP contribution >= 0.6 is 11.8 Å². The number of hydrogen-bond donors (Lipinski definition) is 0. The van der Waals surface area contributed by atoms with E-state index in [1.165, 1.54) is 16.9 Å². The highest BCUT2D eigenvalue weighted by molar-refractivity contribution is 8.01. The minimum Gasteiger partial charge on any atom is -0.459 e. The zero-order valence-electron chi connectivity index (χ0n) is 14.9. The number of nitro benzene ring substituents is 1. The number of fused-ring (bicyclic) bond motifs is 1. The lowest BCUT2D eigenvalue weighted by atomic mass is 9.96. The van der Waals surface area contributed by atoms with E-state index in [2.05, 4.69) is 10.2 Å². The van der Waals surface area contributed by atoms with E-state index in [4.69, 9.17) is 4.74 Å². The molecule has 0 radical (unpaired) electrons. The second-order valence-electron chi connectivity index (χ2n) is 6.88. The topological polar surface area (TPSA) is 120 Å². The van der Waals surface area contributed by atoms with Gasteiger partial charge in [-0.3, -0.25) is 14.9 Å². The fourth-order valence-electron chi connectivity index (χ4n) is 3.52. The van der Waals surface area contributed by atoms with Gasteiger partial charge in [-0.2, -0.15) is 15.0 Å². The van der Waals surface area contributed by atoms with Gasteiger partial charge in [0.05, 0.1) is 40.4 Å². The van der Waals surface area contributed by atoms with Crippen molar-refractivity contribution in [2.75, 3.05) is 0 Å². The SMILES string of the molecule is C[C@@]1(Cn2nccn2)S[C@H]2CC(=O)N2[C@H]1C(=O)OCc1ccc([N+](=O)[O-])cc1. The Balaban J connectivity index is 1.48. The molecule has 11 heteroatoms. The number of β-lactam (4-membered cyclic amide) rings is 1. The lowest BCUT2D eigenvalue weighted by Crippen LogP contribution is -2.58. The van der Waals surface area contributed by atoms with Crippen molar-refractivity contribution in [2.45, 2.75) is 42.7 Å². The Morgan fingerprint density at radius 2 is 2.04 bits per heavy atom. The molecule has 0 aliphatic carbocycles. The summed E-state index contributed by atoms with van der Waals surface area (Å²) < 4.78 is 4.84. The number of non-ortho nitro benzene ring substituents is 1. The predicted octanol–water partition coefficient (Wildman–Crippen LogP) is 1.36. The second-order valence-corrected chi connectivity index (χ2v) is 8.60. The lowest BCUT2D eigenvalue weighted by Gasteiger charge is -2.37. The molecule has 0 saturated carbocycles. The highest BCUT2D eigenvalue weighted by atomic mass is 32.2. The van der Waals surface area contributed by atoms with Crippen molar-refractivity contribution < 1.29 is 19.2 Å². The number of aromatic nitrogens is 3.